The van der Waals surface area contributed by atoms with Crippen LogP contribution in [0.1, 0.15) is 41.0 Å². The lowest BCUT2D eigenvalue weighted by Gasteiger charge is -2.17. The molecule has 2 aromatic carbocycles. The summed E-state index contributed by atoms with van der Waals surface area (Å²) in [4.78, 5) is 46.6. The van der Waals surface area contributed by atoms with Crippen molar-refractivity contribution in [3.63, 3.8) is 0 Å². The summed E-state index contributed by atoms with van der Waals surface area (Å²) in [5.41, 5.74) is 3.75. The molecule has 1 amide bonds. The van der Waals surface area contributed by atoms with Crippen molar-refractivity contribution in [2.75, 3.05) is 7.11 Å². The van der Waals surface area contributed by atoms with E-state index in [0.29, 0.717) is 23.5 Å². The summed E-state index contributed by atoms with van der Waals surface area (Å²) in [6, 6.07) is 10.9. The third-order valence-corrected chi connectivity index (χ3v) is 6.30. The van der Waals surface area contributed by atoms with Crippen LogP contribution in [0, 0.1) is 25.6 Å². The standard InChI is InChI=1S/C27H26FN3O4/c1-15-8-19(27-30-13-20(28)14-31-27)9-16(2)24(15)25-22(32)10-18(26(25)34)11-23(33)29-12-17-4-6-21(35-3)7-5-17/h4-9,13-14,18,25H,10-12H2,1-3H3,(H,29,33). The topological polar surface area (TPSA) is 98.2 Å². The highest BCUT2D eigenvalue weighted by Crippen LogP contribution is 2.38. The summed E-state index contributed by atoms with van der Waals surface area (Å²) in [5, 5.41) is 2.82. The number of benzene rings is 2. The van der Waals surface area contributed by atoms with Crippen LogP contribution in [0.3, 0.4) is 0 Å². The molecule has 1 saturated carbocycles. The summed E-state index contributed by atoms with van der Waals surface area (Å²) in [6.45, 7) is 3.97. The molecule has 8 heteroatoms. The molecule has 0 aliphatic heterocycles. The van der Waals surface area contributed by atoms with Gasteiger partial charge in [-0.1, -0.05) is 12.1 Å². The first-order valence-corrected chi connectivity index (χ1v) is 11.3. The fourth-order valence-electron chi connectivity index (χ4n) is 4.59. The molecule has 2 atom stereocenters. The lowest BCUT2D eigenvalue weighted by Crippen LogP contribution is -2.27. The van der Waals surface area contributed by atoms with Gasteiger partial charge in [0.15, 0.2) is 17.4 Å². The quantitative estimate of drug-likeness (QED) is 0.521. The summed E-state index contributed by atoms with van der Waals surface area (Å²) in [6.07, 6.45) is 2.20. The first-order valence-electron chi connectivity index (χ1n) is 11.3. The number of Topliss-reactive ketones (excluding diaryl/α,β-unsaturated/α-hetero) is 2. The monoisotopic (exact) mass is 475 g/mol. The molecule has 0 radical (unpaired) electrons. The zero-order valence-electron chi connectivity index (χ0n) is 19.8. The Labute approximate surface area is 202 Å². The van der Waals surface area contributed by atoms with Crippen molar-refractivity contribution < 1.29 is 23.5 Å². The summed E-state index contributed by atoms with van der Waals surface area (Å²) < 4.78 is 18.3. The summed E-state index contributed by atoms with van der Waals surface area (Å²) in [5.74, 6) is -1.67. The van der Waals surface area contributed by atoms with E-state index in [0.717, 1.165) is 34.8 Å². The number of rotatable bonds is 7. The van der Waals surface area contributed by atoms with Gasteiger partial charge in [-0.3, -0.25) is 14.4 Å². The van der Waals surface area contributed by atoms with Crippen molar-refractivity contribution in [1.29, 1.82) is 0 Å². The van der Waals surface area contributed by atoms with E-state index in [9.17, 15) is 18.8 Å². The fourth-order valence-corrected chi connectivity index (χ4v) is 4.59. The Morgan fingerprint density at radius 3 is 2.31 bits per heavy atom. The highest BCUT2D eigenvalue weighted by atomic mass is 19.1. The Hall–Kier alpha value is -3.94. The molecule has 1 aliphatic carbocycles. The van der Waals surface area contributed by atoms with Gasteiger partial charge >= 0.3 is 0 Å². The predicted octanol–water partition coefficient (Wildman–Crippen LogP) is 3.86. The minimum Gasteiger partial charge on any atom is -0.497 e. The number of aryl methyl sites for hydroxylation is 2. The van der Waals surface area contributed by atoms with E-state index in [-0.39, 0.29) is 30.3 Å². The predicted molar refractivity (Wildman–Crippen MR) is 127 cm³/mol. The number of ether oxygens (including phenoxy) is 1. The van der Waals surface area contributed by atoms with E-state index in [1.165, 1.54) is 0 Å². The van der Waals surface area contributed by atoms with Gasteiger partial charge in [-0.15, -0.1) is 0 Å². The van der Waals surface area contributed by atoms with Gasteiger partial charge < -0.3 is 10.1 Å². The number of hydrogen-bond acceptors (Lipinski definition) is 6. The highest BCUT2D eigenvalue weighted by molar-refractivity contribution is 6.15. The maximum atomic E-state index is 13.2. The second-order valence-corrected chi connectivity index (χ2v) is 8.78. The minimum atomic E-state index is -0.891. The SMILES string of the molecule is COc1ccc(CNC(=O)CC2CC(=O)C(c3c(C)cc(-c4ncc(F)cn4)cc3C)C2=O)cc1. The van der Waals surface area contributed by atoms with Gasteiger partial charge in [0.1, 0.15) is 17.5 Å². The van der Waals surface area contributed by atoms with Crippen LogP contribution in [-0.2, 0) is 20.9 Å². The van der Waals surface area contributed by atoms with Gasteiger partial charge in [-0.25, -0.2) is 14.4 Å². The molecule has 3 aromatic rings. The number of nitrogens with zero attached hydrogens (tertiary/aromatic N) is 2. The molecule has 4 rings (SSSR count). The largest absolute Gasteiger partial charge is 0.497 e. The second-order valence-electron chi connectivity index (χ2n) is 8.78. The number of halogens is 1. The third-order valence-electron chi connectivity index (χ3n) is 6.30. The van der Waals surface area contributed by atoms with Gasteiger partial charge in [-0.2, -0.15) is 0 Å². The number of nitrogens with one attached hydrogen (secondary N) is 1. The molecule has 0 saturated heterocycles. The Kier molecular flexibility index (Phi) is 7.00. The van der Waals surface area contributed by atoms with Crippen LogP contribution in [0.5, 0.6) is 5.75 Å². The van der Waals surface area contributed by atoms with Crippen molar-refractivity contribution in [1.82, 2.24) is 15.3 Å². The van der Waals surface area contributed by atoms with E-state index < -0.39 is 17.7 Å². The molecule has 0 spiro atoms. The maximum absolute atomic E-state index is 13.2. The van der Waals surface area contributed by atoms with Crippen molar-refractivity contribution >= 4 is 17.5 Å². The van der Waals surface area contributed by atoms with E-state index in [1.807, 2.05) is 38.1 Å². The molecular weight excluding hydrogens is 449 g/mol. The highest BCUT2D eigenvalue weighted by Gasteiger charge is 2.43. The molecule has 1 N–H and O–H groups in total. The van der Waals surface area contributed by atoms with Crippen LogP contribution < -0.4 is 10.1 Å². The van der Waals surface area contributed by atoms with Crippen LogP contribution >= 0.6 is 0 Å². The fraction of sp³-hybridized carbons (Fsp3) is 0.296. The van der Waals surface area contributed by atoms with Gasteiger partial charge in [-0.05, 0) is 60.4 Å². The number of methoxy groups -OCH3 is 1. The van der Waals surface area contributed by atoms with E-state index in [4.69, 9.17) is 4.74 Å². The molecule has 0 bridgehead atoms. The Bertz CT molecular complexity index is 1250. The average Bonchev–Trinajstić information content (AvgIpc) is 3.10. The smallest absolute Gasteiger partial charge is 0.221 e. The first-order chi connectivity index (χ1) is 16.8. The number of carbonyl (C=O) groups excluding carboxylic acids is 3. The lowest BCUT2D eigenvalue weighted by molar-refractivity contribution is -0.128. The number of ketones is 2. The molecule has 180 valence electrons. The van der Waals surface area contributed by atoms with Crippen LogP contribution in [0.25, 0.3) is 11.4 Å². The van der Waals surface area contributed by atoms with Crippen LogP contribution in [0.2, 0.25) is 0 Å². The maximum Gasteiger partial charge on any atom is 0.221 e. The molecule has 7 nitrogen and oxygen atoms in total. The number of hydrogen-bond donors (Lipinski definition) is 1. The second kappa shape index (κ2) is 10.1. The van der Waals surface area contributed by atoms with E-state index in [2.05, 4.69) is 15.3 Å². The number of amides is 1. The molecule has 2 unspecified atom stereocenters. The van der Waals surface area contributed by atoms with Crippen LogP contribution in [-0.4, -0.2) is 34.6 Å². The van der Waals surface area contributed by atoms with Gasteiger partial charge in [0.25, 0.3) is 0 Å². The normalized spacial score (nSPS) is 17.5. The van der Waals surface area contributed by atoms with Crippen molar-refractivity contribution in [2.45, 2.75) is 39.2 Å². The summed E-state index contributed by atoms with van der Waals surface area (Å²) >= 11 is 0. The zero-order chi connectivity index (χ0) is 25.1. The molecule has 1 fully saturated rings. The molecular formula is C27H26FN3O4. The number of carbonyl (C=O) groups is 3. The molecule has 1 aliphatic rings. The van der Waals surface area contributed by atoms with Gasteiger partial charge in [0.2, 0.25) is 5.91 Å². The third kappa shape index (κ3) is 5.26. The number of aromatic nitrogens is 2. The lowest BCUT2D eigenvalue weighted by atomic mass is 9.86. The molecule has 1 aromatic heterocycles. The first kappa shape index (κ1) is 24.2. The molecule has 35 heavy (non-hydrogen) atoms. The summed E-state index contributed by atoms with van der Waals surface area (Å²) in [7, 11) is 1.58. The van der Waals surface area contributed by atoms with Gasteiger partial charge in [0, 0.05) is 30.9 Å². The van der Waals surface area contributed by atoms with Crippen molar-refractivity contribution in [3.8, 4) is 17.1 Å². The van der Waals surface area contributed by atoms with Crippen molar-refractivity contribution in [2.24, 2.45) is 5.92 Å². The average molecular weight is 476 g/mol. The molecule has 1 heterocycles. The van der Waals surface area contributed by atoms with Crippen LogP contribution in [0.15, 0.2) is 48.8 Å². The van der Waals surface area contributed by atoms with Gasteiger partial charge in [0.05, 0.1) is 19.5 Å². The Morgan fingerprint density at radius 2 is 1.71 bits per heavy atom. The minimum absolute atomic E-state index is 0.0309. The van der Waals surface area contributed by atoms with E-state index >= 15 is 0 Å². The Balaban J connectivity index is 1.45. The Morgan fingerprint density at radius 1 is 1.09 bits per heavy atom. The van der Waals surface area contributed by atoms with Crippen LogP contribution in [0.4, 0.5) is 4.39 Å². The van der Waals surface area contributed by atoms with Crippen molar-refractivity contribution in [3.05, 3.63) is 76.9 Å². The zero-order valence-corrected chi connectivity index (χ0v) is 19.8. The van der Waals surface area contributed by atoms with E-state index in [1.54, 1.807) is 19.2 Å².